The van der Waals surface area contributed by atoms with Crippen LogP contribution in [-0.2, 0) is 4.74 Å². The molecule has 4 bridgehead atoms. The number of anilines is 1. The number of H-pyrrole nitrogens is 1. The quantitative estimate of drug-likeness (QED) is 0.501. The predicted octanol–water partition coefficient (Wildman–Crippen LogP) is 3.28. The molecule has 0 aromatic carbocycles. The Morgan fingerprint density at radius 1 is 1.38 bits per heavy atom. The Kier molecular flexibility index (Phi) is 3.54. The Balaban J connectivity index is 1.52. The Morgan fingerprint density at radius 3 is 2.85 bits per heavy atom. The number of nitrogens with one attached hydrogen (secondary N) is 3. The molecule has 2 aromatic heterocycles. The highest BCUT2D eigenvalue weighted by atomic mass is 16.5. The van der Waals surface area contributed by atoms with Gasteiger partial charge in [-0.15, -0.1) is 0 Å². The third-order valence-electron chi connectivity index (χ3n) is 6.67. The average molecular weight is 354 g/mol. The summed E-state index contributed by atoms with van der Waals surface area (Å²) in [4.78, 5) is 7.61. The van der Waals surface area contributed by atoms with E-state index in [2.05, 4.69) is 15.3 Å². The molecule has 4 N–H and O–H groups in total. The molecule has 6 heteroatoms. The van der Waals surface area contributed by atoms with E-state index < -0.39 is 5.60 Å². The molecule has 2 unspecified atom stereocenters. The van der Waals surface area contributed by atoms with E-state index in [1.54, 1.807) is 6.20 Å². The first-order chi connectivity index (χ1) is 12.6. The van der Waals surface area contributed by atoms with Gasteiger partial charge in [0.1, 0.15) is 5.65 Å². The van der Waals surface area contributed by atoms with E-state index in [9.17, 15) is 5.11 Å². The summed E-state index contributed by atoms with van der Waals surface area (Å²) < 4.78 is 5.47. The third kappa shape index (κ3) is 2.42. The molecule has 2 aromatic rings. The highest BCUT2D eigenvalue weighted by Crippen LogP contribution is 2.56. The van der Waals surface area contributed by atoms with Gasteiger partial charge in [0, 0.05) is 23.8 Å². The van der Waals surface area contributed by atoms with E-state index in [0.29, 0.717) is 36.0 Å². The van der Waals surface area contributed by atoms with Gasteiger partial charge in [0.25, 0.3) is 0 Å². The largest absolute Gasteiger partial charge is 0.478 e. The van der Waals surface area contributed by atoms with Crippen LogP contribution in [0.3, 0.4) is 0 Å². The summed E-state index contributed by atoms with van der Waals surface area (Å²) >= 11 is 0. The van der Waals surface area contributed by atoms with Crippen LogP contribution in [0.25, 0.3) is 11.0 Å². The summed E-state index contributed by atoms with van der Waals surface area (Å²) in [7, 11) is 0. The van der Waals surface area contributed by atoms with Crippen molar-refractivity contribution in [3.8, 4) is 0 Å². The van der Waals surface area contributed by atoms with Crippen LogP contribution in [0.2, 0.25) is 0 Å². The standard InChI is InChI=1S/C20H26N4O2/c1-2-26-18(21)15-10-23-19-14(3-4-22-19)17(15)24-16-12-5-11-6-13(16)9-20(25,7-11)8-12/h3-4,10-13,16,21,25H,2,5-9H2,1H3,(H2,22,23,24). The molecule has 6 rings (SSSR count). The van der Waals surface area contributed by atoms with Crippen LogP contribution in [0.1, 0.15) is 44.6 Å². The number of rotatable bonds is 4. The van der Waals surface area contributed by atoms with Gasteiger partial charge >= 0.3 is 0 Å². The topological polar surface area (TPSA) is 94.0 Å². The van der Waals surface area contributed by atoms with E-state index in [1.165, 1.54) is 12.8 Å². The summed E-state index contributed by atoms with van der Waals surface area (Å²) in [5, 5.41) is 23.9. The van der Waals surface area contributed by atoms with E-state index in [-0.39, 0.29) is 5.90 Å². The minimum atomic E-state index is -0.433. The molecular weight excluding hydrogens is 328 g/mol. The van der Waals surface area contributed by atoms with E-state index in [4.69, 9.17) is 10.1 Å². The Morgan fingerprint density at radius 2 is 2.15 bits per heavy atom. The summed E-state index contributed by atoms with van der Waals surface area (Å²) in [6.07, 6.45) is 8.81. The Hall–Kier alpha value is -2.08. The first-order valence-electron chi connectivity index (χ1n) is 9.73. The predicted molar refractivity (Wildman–Crippen MR) is 100 cm³/mol. The molecule has 2 heterocycles. The number of pyridine rings is 1. The fraction of sp³-hybridized carbons (Fsp3) is 0.600. The van der Waals surface area contributed by atoms with Crippen LogP contribution in [0.5, 0.6) is 0 Å². The van der Waals surface area contributed by atoms with Gasteiger partial charge in [0.05, 0.1) is 23.5 Å². The summed E-state index contributed by atoms with van der Waals surface area (Å²) in [5.74, 6) is 1.85. The lowest BCUT2D eigenvalue weighted by Crippen LogP contribution is -2.59. The van der Waals surface area contributed by atoms with Crippen molar-refractivity contribution in [2.45, 2.75) is 50.7 Å². The molecule has 2 atom stereocenters. The van der Waals surface area contributed by atoms with Crippen molar-refractivity contribution >= 4 is 22.6 Å². The lowest BCUT2D eigenvalue weighted by atomic mass is 9.52. The number of aromatic amines is 1. The zero-order chi connectivity index (χ0) is 17.9. The van der Waals surface area contributed by atoms with Gasteiger partial charge in [-0.3, -0.25) is 5.41 Å². The molecule has 0 aliphatic heterocycles. The maximum Gasteiger partial charge on any atom is 0.216 e. The van der Waals surface area contributed by atoms with Crippen molar-refractivity contribution in [1.82, 2.24) is 9.97 Å². The minimum Gasteiger partial charge on any atom is -0.478 e. The SMILES string of the molecule is CCOC(=N)c1cnc2[nH]ccc2c1NC1C2CC3CC1CC(O)(C3)C2. The van der Waals surface area contributed by atoms with Crippen molar-refractivity contribution in [3.63, 3.8) is 0 Å². The second-order valence-electron chi connectivity index (χ2n) is 8.41. The van der Waals surface area contributed by atoms with Gasteiger partial charge in [-0.25, -0.2) is 4.98 Å². The number of fused-ring (bicyclic) bond motifs is 1. The number of aliphatic hydroxyl groups is 1. The zero-order valence-electron chi connectivity index (χ0n) is 15.1. The van der Waals surface area contributed by atoms with E-state index in [0.717, 1.165) is 36.0 Å². The molecule has 4 saturated carbocycles. The molecule has 4 fully saturated rings. The molecule has 26 heavy (non-hydrogen) atoms. The molecule has 0 amide bonds. The first-order valence-corrected chi connectivity index (χ1v) is 9.73. The third-order valence-corrected chi connectivity index (χ3v) is 6.67. The minimum absolute atomic E-state index is 0.160. The molecule has 0 radical (unpaired) electrons. The molecular formula is C20H26N4O2. The van der Waals surface area contributed by atoms with Crippen molar-refractivity contribution in [1.29, 1.82) is 5.41 Å². The van der Waals surface area contributed by atoms with E-state index in [1.807, 2.05) is 19.2 Å². The van der Waals surface area contributed by atoms with Crippen LogP contribution in [0.15, 0.2) is 18.5 Å². The first kappa shape index (κ1) is 16.1. The summed E-state index contributed by atoms with van der Waals surface area (Å²) in [6.45, 7) is 2.36. The van der Waals surface area contributed by atoms with Crippen molar-refractivity contribution in [2.75, 3.05) is 11.9 Å². The van der Waals surface area contributed by atoms with Crippen molar-refractivity contribution in [3.05, 3.63) is 24.0 Å². The van der Waals surface area contributed by atoms with Crippen molar-refractivity contribution in [2.24, 2.45) is 17.8 Å². The number of ether oxygens (including phenoxy) is 1. The summed E-state index contributed by atoms with van der Waals surface area (Å²) in [5.41, 5.74) is 2.05. The maximum atomic E-state index is 10.8. The lowest BCUT2D eigenvalue weighted by molar-refractivity contribution is -0.129. The second kappa shape index (κ2) is 5.71. The molecule has 4 aliphatic rings. The Labute approximate surface area is 152 Å². The molecule has 0 spiro atoms. The smallest absolute Gasteiger partial charge is 0.216 e. The van der Waals surface area contributed by atoms with Gasteiger partial charge < -0.3 is 20.1 Å². The molecule has 6 nitrogen and oxygen atoms in total. The van der Waals surface area contributed by atoms with Crippen molar-refractivity contribution < 1.29 is 9.84 Å². The van der Waals surface area contributed by atoms with Gasteiger partial charge in [0.15, 0.2) is 0 Å². The fourth-order valence-corrected chi connectivity index (χ4v) is 5.94. The average Bonchev–Trinajstić information content (AvgIpc) is 3.05. The number of nitrogens with zero attached hydrogens (tertiary/aromatic N) is 1. The lowest BCUT2D eigenvalue weighted by Gasteiger charge is -2.58. The normalized spacial score (nSPS) is 35.0. The monoisotopic (exact) mass is 354 g/mol. The van der Waals surface area contributed by atoms with Crippen LogP contribution in [-0.4, -0.2) is 39.2 Å². The zero-order valence-corrected chi connectivity index (χ0v) is 15.1. The number of aromatic nitrogens is 2. The molecule has 0 saturated heterocycles. The molecule has 138 valence electrons. The van der Waals surface area contributed by atoms with Gasteiger partial charge in [0.2, 0.25) is 5.90 Å². The van der Waals surface area contributed by atoms with Crippen LogP contribution in [0.4, 0.5) is 5.69 Å². The van der Waals surface area contributed by atoms with E-state index >= 15 is 0 Å². The number of hydrogen-bond acceptors (Lipinski definition) is 5. The highest BCUT2D eigenvalue weighted by molar-refractivity contribution is 6.05. The second-order valence-corrected chi connectivity index (χ2v) is 8.41. The van der Waals surface area contributed by atoms with Gasteiger partial charge in [-0.2, -0.15) is 0 Å². The van der Waals surface area contributed by atoms with Crippen LogP contribution < -0.4 is 5.32 Å². The van der Waals surface area contributed by atoms with Gasteiger partial charge in [-0.05, 0) is 62.8 Å². The summed E-state index contributed by atoms with van der Waals surface area (Å²) in [6, 6.07) is 2.36. The Bertz CT molecular complexity index is 845. The fourth-order valence-electron chi connectivity index (χ4n) is 5.94. The maximum absolute atomic E-state index is 10.8. The number of hydrogen-bond donors (Lipinski definition) is 4. The van der Waals surface area contributed by atoms with Gasteiger partial charge in [-0.1, -0.05) is 0 Å². The highest BCUT2D eigenvalue weighted by Gasteiger charge is 2.54. The van der Waals surface area contributed by atoms with Crippen LogP contribution in [0, 0.1) is 23.2 Å². The molecule has 4 aliphatic carbocycles. The van der Waals surface area contributed by atoms with Crippen LogP contribution >= 0.6 is 0 Å².